The molecule has 0 bridgehead atoms. The zero-order valence-electron chi connectivity index (χ0n) is 14.4. The summed E-state index contributed by atoms with van der Waals surface area (Å²) in [6, 6.07) is 13.9. The second-order valence-electron chi connectivity index (χ2n) is 6.16. The first-order chi connectivity index (χ1) is 12.4. The van der Waals surface area contributed by atoms with Gasteiger partial charge in [0.15, 0.2) is 9.84 Å². The SMILES string of the molecule is COc1ccccc1S(=O)(=O)N1CCCC1CS(=O)(=O)c1ccccc1. The van der Waals surface area contributed by atoms with Crippen molar-refractivity contribution in [2.45, 2.75) is 28.7 Å². The molecule has 3 rings (SSSR count). The topological polar surface area (TPSA) is 80.8 Å². The Balaban J connectivity index is 1.91. The van der Waals surface area contributed by atoms with E-state index in [4.69, 9.17) is 4.74 Å². The van der Waals surface area contributed by atoms with Gasteiger partial charge in [0.25, 0.3) is 0 Å². The normalized spacial score (nSPS) is 18.7. The highest BCUT2D eigenvalue weighted by Gasteiger charge is 2.39. The molecule has 0 N–H and O–H groups in total. The van der Waals surface area contributed by atoms with E-state index in [1.54, 1.807) is 36.4 Å². The van der Waals surface area contributed by atoms with E-state index in [2.05, 4.69) is 0 Å². The lowest BCUT2D eigenvalue weighted by molar-refractivity contribution is 0.386. The van der Waals surface area contributed by atoms with Gasteiger partial charge in [0.2, 0.25) is 10.0 Å². The van der Waals surface area contributed by atoms with Gasteiger partial charge in [0.05, 0.1) is 17.8 Å². The average molecular weight is 396 g/mol. The second kappa shape index (κ2) is 7.38. The number of rotatable bonds is 6. The summed E-state index contributed by atoms with van der Waals surface area (Å²) in [5.74, 6) is 0.0230. The Hall–Kier alpha value is -1.90. The van der Waals surface area contributed by atoms with E-state index in [1.807, 2.05) is 0 Å². The van der Waals surface area contributed by atoms with Crippen molar-refractivity contribution in [1.82, 2.24) is 4.31 Å². The average Bonchev–Trinajstić information content (AvgIpc) is 3.10. The van der Waals surface area contributed by atoms with Crippen LogP contribution in [0.2, 0.25) is 0 Å². The van der Waals surface area contributed by atoms with E-state index < -0.39 is 25.9 Å². The molecule has 1 atom stereocenters. The number of sulfone groups is 1. The Kier molecular flexibility index (Phi) is 5.36. The van der Waals surface area contributed by atoms with Gasteiger partial charge < -0.3 is 4.74 Å². The van der Waals surface area contributed by atoms with Gasteiger partial charge in [0, 0.05) is 12.6 Å². The maximum atomic E-state index is 13.1. The highest BCUT2D eigenvalue weighted by molar-refractivity contribution is 7.91. The summed E-state index contributed by atoms with van der Waals surface area (Å²) in [4.78, 5) is 0.271. The molecule has 0 aromatic heterocycles. The Labute approximate surface area is 154 Å². The zero-order valence-corrected chi connectivity index (χ0v) is 16.0. The monoisotopic (exact) mass is 395 g/mol. The molecule has 8 heteroatoms. The predicted octanol–water partition coefficient (Wildman–Crippen LogP) is 2.32. The van der Waals surface area contributed by atoms with Gasteiger partial charge in [-0.3, -0.25) is 0 Å². The van der Waals surface area contributed by atoms with Crippen LogP contribution in [0.1, 0.15) is 12.8 Å². The van der Waals surface area contributed by atoms with Crippen LogP contribution in [0, 0.1) is 0 Å². The first-order valence-corrected chi connectivity index (χ1v) is 11.4. The Morgan fingerprint density at radius 1 is 1.00 bits per heavy atom. The summed E-state index contributed by atoms with van der Waals surface area (Å²) in [5.41, 5.74) is 0. The molecule has 1 aliphatic rings. The van der Waals surface area contributed by atoms with Gasteiger partial charge in [-0.15, -0.1) is 0 Å². The number of hydrogen-bond acceptors (Lipinski definition) is 5. The predicted molar refractivity (Wildman–Crippen MR) is 98.4 cm³/mol. The van der Waals surface area contributed by atoms with Crippen LogP contribution in [-0.2, 0) is 19.9 Å². The fourth-order valence-corrected chi connectivity index (χ4v) is 6.79. The number of ether oxygens (including phenoxy) is 1. The second-order valence-corrected chi connectivity index (χ2v) is 10.1. The summed E-state index contributed by atoms with van der Waals surface area (Å²) in [7, 11) is -6.00. The van der Waals surface area contributed by atoms with Crippen LogP contribution in [0.4, 0.5) is 0 Å². The standard InChI is InChI=1S/C18H21NO5S2/c1-24-17-11-5-6-12-18(17)26(22,23)19-13-7-8-15(19)14-25(20,21)16-9-3-2-4-10-16/h2-6,9-12,15H,7-8,13-14H2,1H3. The molecule has 0 aliphatic carbocycles. The summed E-state index contributed by atoms with van der Waals surface area (Å²) in [6.45, 7) is 0.301. The van der Waals surface area contributed by atoms with E-state index >= 15 is 0 Å². The van der Waals surface area contributed by atoms with Gasteiger partial charge in [-0.05, 0) is 37.1 Å². The van der Waals surface area contributed by atoms with Gasteiger partial charge in [0.1, 0.15) is 10.6 Å². The highest BCUT2D eigenvalue weighted by Crippen LogP contribution is 2.32. The van der Waals surface area contributed by atoms with Gasteiger partial charge in [-0.1, -0.05) is 30.3 Å². The molecule has 1 aliphatic heterocycles. The number of benzene rings is 2. The lowest BCUT2D eigenvalue weighted by Gasteiger charge is -2.24. The van der Waals surface area contributed by atoms with Crippen molar-refractivity contribution >= 4 is 19.9 Å². The number of nitrogens with zero attached hydrogens (tertiary/aromatic N) is 1. The molecule has 140 valence electrons. The van der Waals surface area contributed by atoms with Crippen molar-refractivity contribution in [1.29, 1.82) is 0 Å². The van der Waals surface area contributed by atoms with Crippen molar-refractivity contribution < 1.29 is 21.6 Å². The van der Waals surface area contributed by atoms with Gasteiger partial charge in [-0.25, -0.2) is 16.8 Å². The van der Waals surface area contributed by atoms with Crippen molar-refractivity contribution in [2.24, 2.45) is 0 Å². The van der Waals surface area contributed by atoms with Crippen LogP contribution in [-0.4, -0.2) is 46.6 Å². The quantitative estimate of drug-likeness (QED) is 0.750. The molecule has 0 spiro atoms. The summed E-state index contributed by atoms with van der Waals surface area (Å²) >= 11 is 0. The largest absolute Gasteiger partial charge is 0.495 e. The van der Waals surface area contributed by atoms with Crippen molar-refractivity contribution in [3.63, 3.8) is 0 Å². The van der Waals surface area contributed by atoms with Gasteiger partial charge in [-0.2, -0.15) is 4.31 Å². The van der Waals surface area contributed by atoms with Gasteiger partial charge >= 0.3 is 0 Å². The minimum absolute atomic E-state index is 0.0616. The van der Waals surface area contributed by atoms with Crippen LogP contribution in [0.25, 0.3) is 0 Å². The molecule has 2 aromatic carbocycles. The summed E-state index contributed by atoms with van der Waals surface area (Å²) in [6.07, 6.45) is 1.14. The van der Waals surface area contributed by atoms with E-state index in [9.17, 15) is 16.8 Å². The highest BCUT2D eigenvalue weighted by atomic mass is 32.2. The Morgan fingerprint density at radius 3 is 2.35 bits per heavy atom. The molecule has 0 amide bonds. The molecule has 1 fully saturated rings. The minimum Gasteiger partial charge on any atom is -0.495 e. The molecule has 0 saturated carbocycles. The lowest BCUT2D eigenvalue weighted by atomic mass is 10.3. The molecule has 26 heavy (non-hydrogen) atoms. The first-order valence-electron chi connectivity index (χ1n) is 8.29. The fourth-order valence-electron chi connectivity index (χ4n) is 3.23. The number of methoxy groups -OCH3 is 1. The maximum Gasteiger partial charge on any atom is 0.247 e. The van der Waals surface area contributed by atoms with Crippen molar-refractivity contribution in [2.75, 3.05) is 19.4 Å². The third kappa shape index (κ3) is 3.62. The molecule has 0 radical (unpaired) electrons. The fraction of sp³-hybridized carbons (Fsp3) is 0.333. The lowest BCUT2D eigenvalue weighted by Crippen LogP contribution is -2.39. The third-order valence-corrected chi connectivity index (χ3v) is 8.30. The molecular formula is C18H21NO5S2. The molecular weight excluding hydrogens is 374 g/mol. The Bertz CT molecular complexity index is 972. The van der Waals surface area contributed by atoms with Crippen LogP contribution < -0.4 is 4.74 Å². The Morgan fingerprint density at radius 2 is 1.65 bits per heavy atom. The van der Waals surface area contributed by atoms with E-state index in [-0.39, 0.29) is 21.3 Å². The third-order valence-electron chi connectivity index (χ3n) is 4.49. The molecule has 1 unspecified atom stereocenters. The van der Waals surface area contributed by atoms with E-state index in [0.29, 0.717) is 19.4 Å². The van der Waals surface area contributed by atoms with Crippen molar-refractivity contribution in [3.05, 3.63) is 54.6 Å². The molecule has 6 nitrogen and oxygen atoms in total. The number of sulfonamides is 1. The summed E-state index contributed by atoms with van der Waals surface area (Å²) in [5, 5.41) is 0. The first kappa shape index (κ1) is 18.9. The van der Waals surface area contributed by atoms with Crippen LogP contribution in [0.15, 0.2) is 64.4 Å². The molecule has 1 saturated heterocycles. The molecule has 1 heterocycles. The van der Waals surface area contributed by atoms with Crippen LogP contribution >= 0.6 is 0 Å². The maximum absolute atomic E-state index is 13.1. The van der Waals surface area contributed by atoms with Crippen LogP contribution in [0.3, 0.4) is 0 Å². The minimum atomic E-state index is -3.84. The van der Waals surface area contributed by atoms with Crippen LogP contribution in [0.5, 0.6) is 5.75 Å². The smallest absolute Gasteiger partial charge is 0.247 e. The van der Waals surface area contributed by atoms with E-state index in [1.165, 1.54) is 29.6 Å². The molecule has 2 aromatic rings. The van der Waals surface area contributed by atoms with E-state index in [0.717, 1.165) is 0 Å². The summed E-state index contributed by atoms with van der Waals surface area (Å²) < 4.78 is 58.0. The number of hydrogen-bond donors (Lipinski definition) is 0. The van der Waals surface area contributed by atoms with Crippen molar-refractivity contribution in [3.8, 4) is 5.75 Å². The number of para-hydroxylation sites is 1. The zero-order chi connectivity index (χ0) is 18.8.